The fraction of sp³-hybridized carbons (Fsp3) is 0.300. The van der Waals surface area contributed by atoms with Gasteiger partial charge in [0.1, 0.15) is 6.10 Å². The quantitative estimate of drug-likeness (QED) is 0.895. The summed E-state index contributed by atoms with van der Waals surface area (Å²) in [5, 5.41) is 11.9. The maximum absolute atomic E-state index is 13.5. The van der Waals surface area contributed by atoms with E-state index in [1.54, 1.807) is 23.1 Å². The Balaban J connectivity index is 1.65. The Kier molecular flexibility index (Phi) is 5.67. The molecule has 1 fully saturated rings. The minimum absolute atomic E-state index is 0.238. The summed E-state index contributed by atoms with van der Waals surface area (Å²) in [6, 6.07) is 12.2. The maximum Gasteiger partial charge on any atom is 0.318 e. The maximum atomic E-state index is 13.5. The summed E-state index contributed by atoms with van der Waals surface area (Å²) in [6.07, 6.45) is -0.517. The first-order valence-electron chi connectivity index (χ1n) is 8.60. The summed E-state index contributed by atoms with van der Waals surface area (Å²) < 4.78 is 32.2. The highest BCUT2D eigenvalue weighted by molar-refractivity contribution is 5.75. The van der Waals surface area contributed by atoms with E-state index in [1.165, 1.54) is 6.07 Å². The van der Waals surface area contributed by atoms with Crippen molar-refractivity contribution < 1.29 is 18.3 Å². The van der Waals surface area contributed by atoms with Crippen molar-refractivity contribution in [3.05, 3.63) is 70.8 Å². The van der Waals surface area contributed by atoms with Gasteiger partial charge in [0.05, 0.1) is 30.8 Å². The van der Waals surface area contributed by atoms with Crippen LogP contribution in [0.4, 0.5) is 13.6 Å². The van der Waals surface area contributed by atoms with Crippen molar-refractivity contribution in [2.75, 3.05) is 19.7 Å². The second-order valence-corrected chi connectivity index (χ2v) is 6.39. The van der Waals surface area contributed by atoms with E-state index in [-0.39, 0.29) is 18.6 Å². The van der Waals surface area contributed by atoms with Crippen LogP contribution < -0.4 is 5.32 Å². The Morgan fingerprint density at radius 2 is 2.11 bits per heavy atom. The smallest absolute Gasteiger partial charge is 0.318 e. The highest BCUT2D eigenvalue weighted by atomic mass is 19.2. The normalized spacial score (nSPS) is 17.9. The molecule has 0 saturated carbocycles. The van der Waals surface area contributed by atoms with Crippen LogP contribution in [-0.2, 0) is 4.74 Å². The minimum Gasteiger partial charge on any atom is -0.370 e. The molecule has 0 aromatic heterocycles. The first-order chi connectivity index (χ1) is 13.0. The van der Waals surface area contributed by atoms with Crippen LogP contribution in [0.25, 0.3) is 0 Å². The topological polar surface area (TPSA) is 65.4 Å². The summed E-state index contributed by atoms with van der Waals surface area (Å²) in [5.41, 5.74) is 1.84. The fourth-order valence-corrected chi connectivity index (χ4v) is 2.99. The highest BCUT2D eigenvalue weighted by Gasteiger charge is 2.27. The van der Waals surface area contributed by atoms with Gasteiger partial charge in [-0.2, -0.15) is 5.26 Å². The number of ether oxygens (including phenoxy) is 1. The molecule has 2 amide bonds. The SMILES string of the molecule is CC(NC(=O)N1CCOC(c2ccc(F)c(F)c2)C1)c1cccc(C#N)c1. The zero-order valence-corrected chi connectivity index (χ0v) is 14.8. The Labute approximate surface area is 156 Å². The van der Waals surface area contributed by atoms with E-state index < -0.39 is 17.7 Å². The van der Waals surface area contributed by atoms with Gasteiger partial charge in [0.15, 0.2) is 11.6 Å². The van der Waals surface area contributed by atoms with Crippen LogP contribution >= 0.6 is 0 Å². The number of nitrogens with one attached hydrogen (secondary N) is 1. The second-order valence-electron chi connectivity index (χ2n) is 6.39. The number of urea groups is 1. The molecular formula is C20H19F2N3O2. The number of nitrogens with zero attached hydrogens (tertiary/aromatic N) is 2. The van der Waals surface area contributed by atoms with Gasteiger partial charge in [0.2, 0.25) is 0 Å². The predicted molar refractivity (Wildman–Crippen MR) is 94.7 cm³/mol. The molecule has 1 aliphatic heterocycles. The van der Waals surface area contributed by atoms with Crippen LogP contribution in [0.1, 0.15) is 35.8 Å². The number of amides is 2. The van der Waals surface area contributed by atoms with E-state index in [4.69, 9.17) is 10.00 Å². The summed E-state index contributed by atoms with van der Waals surface area (Å²) in [4.78, 5) is 14.2. The summed E-state index contributed by atoms with van der Waals surface area (Å²) in [7, 11) is 0. The fourth-order valence-electron chi connectivity index (χ4n) is 2.99. The molecule has 1 aliphatic rings. The lowest BCUT2D eigenvalue weighted by atomic mass is 10.1. The number of carbonyl (C=O) groups excluding carboxylic acids is 1. The number of nitriles is 1. The Bertz CT molecular complexity index is 882. The lowest BCUT2D eigenvalue weighted by molar-refractivity contribution is -0.0159. The van der Waals surface area contributed by atoms with Crippen molar-refractivity contribution >= 4 is 6.03 Å². The van der Waals surface area contributed by atoms with Gasteiger partial charge in [-0.3, -0.25) is 0 Å². The Morgan fingerprint density at radius 1 is 1.30 bits per heavy atom. The third kappa shape index (κ3) is 4.41. The first kappa shape index (κ1) is 18.8. The van der Waals surface area contributed by atoms with Gasteiger partial charge in [0, 0.05) is 6.54 Å². The zero-order valence-electron chi connectivity index (χ0n) is 14.8. The number of carbonyl (C=O) groups is 1. The molecule has 2 aromatic carbocycles. The largest absolute Gasteiger partial charge is 0.370 e. The van der Waals surface area contributed by atoms with Gasteiger partial charge in [-0.15, -0.1) is 0 Å². The molecule has 1 saturated heterocycles. The molecule has 2 aromatic rings. The Morgan fingerprint density at radius 3 is 2.85 bits per heavy atom. The first-order valence-corrected chi connectivity index (χ1v) is 8.60. The van der Waals surface area contributed by atoms with Crippen molar-refractivity contribution in [3.63, 3.8) is 0 Å². The van der Waals surface area contributed by atoms with Gasteiger partial charge in [-0.1, -0.05) is 18.2 Å². The van der Waals surface area contributed by atoms with Gasteiger partial charge < -0.3 is 15.0 Å². The lowest BCUT2D eigenvalue weighted by Crippen LogP contribution is -2.47. The van der Waals surface area contributed by atoms with Crippen LogP contribution in [-0.4, -0.2) is 30.6 Å². The number of hydrogen-bond donors (Lipinski definition) is 1. The zero-order chi connectivity index (χ0) is 19.4. The van der Waals surface area contributed by atoms with Gasteiger partial charge in [-0.25, -0.2) is 13.6 Å². The molecule has 27 heavy (non-hydrogen) atoms. The second kappa shape index (κ2) is 8.14. The van der Waals surface area contributed by atoms with Gasteiger partial charge in [-0.05, 0) is 42.3 Å². The molecule has 0 spiro atoms. The third-order valence-electron chi connectivity index (χ3n) is 4.52. The molecule has 0 aliphatic carbocycles. The molecule has 1 heterocycles. The molecule has 2 unspecified atom stereocenters. The standard InChI is InChI=1S/C20H19F2N3O2/c1-13(15-4-2-3-14(9-15)11-23)24-20(26)25-7-8-27-19(12-25)16-5-6-17(21)18(22)10-16/h2-6,9-10,13,19H,7-8,12H2,1H3,(H,24,26). The molecule has 3 rings (SSSR count). The Hall–Kier alpha value is -2.98. The van der Waals surface area contributed by atoms with Crippen LogP contribution in [0.3, 0.4) is 0 Å². The van der Waals surface area contributed by atoms with E-state index in [2.05, 4.69) is 11.4 Å². The number of morpholine rings is 1. The average molecular weight is 371 g/mol. The van der Waals surface area contributed by atoms with Gasteiger partial charge >= 0.3 is 6.03 Å². The predicted octanol–water partition coefficient (Wildman–Crippen LogP) is 3.68. The summed E-state index contributed by atoms with van der Waals surface area (Å²) in [6.45, 7) is 2.77. The molecule has 1 N–H and O–H groups in total. The molecule has 0 bridgehead atoms. The molecule has 5 nitrogen and oxygen atoms in total. The number of halogens is 2. The average Bonchev–Trinajstić information content (AvgIpc) is 2.70. The summed E-state index contributed by atoms with van der Waals surface area (Å²) in [5.74, 6) is -1.86. The lowest BCUT2D eigenvalue weighted by Gasteiger charge is -2.34. The van der Waals surface area contributed by atoms with E-state index in [1.807, 2.05) is 13.0 Å². The highest BCUT2D eigenvalue weighted by Crippen LogP contribution is 2.24. The molecule has 0 radical (unpaired) electrons. The third-order valence-corrected chi connectivity index (χ3v) is 4.52. The monoisotopic (exact) mass is 371 g/mol. The van der Waals surface area contributed by atoms with Crippen molar-refractivity contribution in [2.24, 2.45) is 0 Å². The number of hydrogen-bond acceptors (Lipinski definition) is 3. The van der Waals surface area contributed by atoms with Crippen molar-refractivity contribution in [3.8, 4) is 6.07 Å². The number of benzene rings is 2. The molecular weight excluding hydrogens is 352 g/mol. The molecule has 2 atom stereocenters. The van der Waals surface area contributed by atoms with E-state index in [0.717, 1.165) is 17.7 Å². The molecule has 140 valence electrons. The van der Waals surface area contributed by atoms with E-state index >= 15 is 0 Å². The van der Waals surface area contributed by atoms with Crippen molar-refractivity contribution in [1.82, 2.24) is 10.2 Å². The van der Waals surface area contributed by atoms with Crippen molar-refractivity contribution in [1.29, 1.82) is 5.26 Å². The van der Waals surface area contributed by atoms with Crippen LogP contribution in [0.5, 0.6) is 0 Å². The van der Waals surface area contributed by atoms with E-state index in [9.17, 15) is 13.6 Å². The van der Waals surface area contributed by atoms with Crippen LogP contribution in [0, 0.1) is 23.0 Å². The van der Waals surface area contributed by atoms with Crippen LogP contribution in [0.15, 0.2) is 42.5 Å². The minimum atomic E-state index is -0.941. The number of rotatable bonds is 3. The van der Waals surface area contributed by atoms with Gasteiger partial charge in [0.25, 0.3) is 0 Å². The van der Waals surface area contributed by atoms with E-state index in [0.29, 0.717) is 24.3 Å². The molecule has 7 heteroatoms. The summed E-state index contributed by atoms with van der Waals surface area (Å²) >= 11 is 0. The van der Waals surface area contributed by atoms with Crippen LogP contribution in [0.2, 0.25) is 0 Å². The van der Waals surface area contributed by atoms with Crippen molar-refractivity contribution in [2.45, 2.75) is 19.1 Å².